The number of carbonyl (C=O) groups is 2. The van der Waals surface area contributed by atoms with Crippen molar-refractivity contribution in [2.24, 2.45) is 17.8 Å². The maximum Gasteiger partial charge on any atom is 0.329 e. The zero-order valence-corrected chi connectivity index (χ0v) is 14.0. The number of carbonyl (C=O) groups excluding carboxylic acids is 2. The molecule has 0 radical (unpaired) electrons. The van der Waals surface area contributed by atoms with Crippen molar-refractivity contribution in [1.29, 1.82) is 0 Å². The third-order valence-corrected chi connectivity index (χ3v) is 3.77. The number of amides is 1. The smallest absolute Gasteiger partial charge is 0.329 e. The lowest BCUT2D eigenvalue weighted by molar-refractivity contribution is -0.167. The molecule has 1 saturated carbocycles. The van der Waals surface area contributed by atoms with Gasteiger partial charge in [-0.25, -0.2) is 4.79 Å². The molecule has 0 unspecified atom stereocenters. The fourth-order valence-electron chi connectivity index (χ4n) is 2.62. The van der Waals surface area contributed by atoms with Crippen LogP contribution in [0.25, 0.3) is 0 Å². The summed E-state index contributed by atoms with van der Waals surface area (Å²) in [5.41, 5.74) is -0.556. The summed E-state index contributed by atoms with van der Waals surface area (Å²) in [4.78, 5) is 26.3. The van der Waals surface area contributed by atoms with E-state index in [1.165, 1.54) is 4.90 Å². The Kier molecular flexibility index (Phi) is 5.44. The number of hydrogen-bond acceptors (Lipinski definition) is 3. The maximum atomic E-state index is 12.5. The van der Waals surface area contributed by atoms with Gasteiger partial charge in [-0.2, -0.15) is 0 Å². The van der Waals surface area contributed by atoms with Gasteiger partial charge in [0.2, 0.25) is 5.91 Å². The second kappa shape index (κ2) is 6.51. The van der Waals surface area contributed by atoms with Crippen molar-refractivity contribution in [2.75, 3.05) is 7.05 Å². The Labute approximate surface area is 128 Å². The molecule has 0 saturated heterocycles. The molecular weight excluding hydrogens is 266 g/mol. The molecule has 0 bridgehead atoms. The minimum absolute atomic E-state index is 0.00249. The minimum atomic E-state index is -0.556. The highest BCUT2D eigenvalue weighted by molar-refractivity contribution is 5.86. The van der Waals surface area contributed by atoms with E-state index in [1.54, 1.807) is 7.05 Å². The Morgan fingerprint density at radius 3 is 2.19 bits per heavy atom. The van der Waals surface area contributed by atoms with E-state index in [2.05, 4.69) is 5.92 Å². The van der Waals surface area contributed by atoms with Gasteiger partial charge >= 0.3 is 5.97 Å². The molecule has 0 aromatic rings. The van der Waals surface area contributed by atoms with Crippen molar-refractivity contribution in [3.05, 3.63) is 0 Å². The first-order valence-corrected chi connectivity index (χ1v) is 7.52. The monoisotopic (exact) mass is 293 g/mol. The lowest BCUT2D eigenvalue weighted by Crippen LogP contribution is -2.51. The van der Waals surface area contributed by atoms with Gasteiger partial charge in [0.15, 0.2) is 0 Å². The van der Waals surface area contributed by atoms with E-state index in [0.29, 0.717) is 0 Å². The first-order valence-electron chi connectivity index (χ1n) is 7.52. The standard InChI is InChI=1S/C17H27NO3/c1-8-12-9-13(10-12)15(19)18(7)14(11(2)3)16(20)21-17(4,5)6/h1,11-14H,9-10H2,2-7H3/t12?,13?,14-/m0/s1. The van der Waals surface area contributed by atoms with Crippen LogP contribution in [0.1, 0.15) is 47.5 Å². The van der Waals surface area contributed by atoms with Crippen molar-refractivity contribution in [2.45, 2.75) is 59.1 Å². The molecule has 0 heterocycles. The van der Waals surface area contributed by atoms with Crippen LogP contribution in [-0.4, -0.2) is 35.5 Å². The lowest BCUT2D eigenvalue weighted by Gasteiger charge is -2.38. The molecule has 1 aliphatic carbocycles. The number of ether oxygens (including phenoxy) is 1. The van der Waals surface area contributed by atoms with E-state index in [1.807, 2.05) is 34.6 Å². The molecule has 0 spiro atoms. The van der Waals surface area contributed by atoms with E-state index >= 15 is 0 Å². The molecule has 4 nitrogen and oxygen atoms in total. The molecule has 1 rings (SSSR count). The molecule has 4 heteroatoms. The van der Waals surface area contributed by atoms with Crippen molar-refractivity contribution in [3.8, 4) is 12.3 Å². The van der Waals surface area contributed by atoms with Crippen LogP contribution in [0, 0.1) is 30.1 Å². The first-order chi connectivity index (χ1) is 9.56. The second-order valence-corrected chi connectivity index (χ2v) is 7.20. The van der Waals surface area contributed by atoms with Crippen LogP contribution in [0.4, 0.5) is 0 Å². The highest BCUT2D eigenvalue weighted by Crippen LogP contribution is 2.35. The predicted molar refractivity (Wildman–Crippen MR) is 82.3 cm³/mol. The molecule has 1 atom stereocenters. The quantitative estimate of drug-likeness (QED) is 0.591. The highest BCUT2D eigenvalue weighted by atomic mass is 16.6. The number of nitrogens with zero attached hydrogens (tertiary/aromatic N) is 1. The van der Waals surface area contributed by atoms with E-state index in [4.69, 9.17) is 11.2 Å². The Morgan fingerprint density at radius 2 is 1.81 bits per heavy atom. The van der Waals surface area contributed by atoms with Gasteiger partial charge in [0.05, 0.1) is 0 Å². The summed E-state index contributed by atoms with van der Waals surface area (Å²) in [7, 11) is 1.68. The summed E-state index contributed by atoms with van der Waals surface area (Å²) in [5, 5.41) is 0. The fraction of sp³-hybridized carbons (Fsp3) is 0.765. The van der Waals surface area contributed by atoms with Gasteiger partial charge in [0.1, 0.15) is 11.6 Å². The lowest BCUT2D eigenvalue weighted by atomic mass is 9.74. The number of hydrogen-bond donors (Lipinski definition) is 0. The summed E-state index contributed by atoms with van der Waals surface area (Å²) >= 11 is 0. The van der Waals surface area contributed by atoms with Gasteiger partial charge in [0, 0.05) is 18.9 Å². The average Bonchev–Trinajstić information content (AvgIpc) is 2.24. The van der Waals surface area contributed by atoms with Gasteiger partial charge in [0.25, 0.3) is 0 Å². The predicted octanol–water partition coefficient (Wildman–Crippen LogP) is 2.47. The summed E-state index contributed by atoms with van der Waals surface area (Å²) in [6.07, 6.45) is 6.79. The third kappa shape index (κ3) is 4.49. The Hall–Kier alpha value is -1.50. The highest BCUT2D eigenvalue weighted by Gasteiger charge is 2.40. The SMILES string of the molecule is C#CC1CC(C(=O)N(C)[C@H](C(=O)OC(C)(C)C)C(C)C)C1. The number of likely N-dealkylation sites (N-methyl/N-ethyl adjacent to an activating group) is 1. The molecule has 118 valence electrons. The molecule has 21 heavy (non-hydrogen) atoms. The fourth-order valence-corrected chi connectivity index (χ4v) is 2.62. The van der Waals surface area contributed by atoms with Crippen LogP contribution in [0.2, 0.25) is 0 Å². The summed E-state index contributed by atoms with van der Waals surface area (Å²) in [5.74, 6) is 2.46. The molecule has 1 aliphatic rings. The van der Waals surface area contributed by atoms with E-state index < -0.39 is 11.6 Å². The minimum Gasteiger partial charge on any atom is -0.458 e. The molecular formula is C17H27NO3. The van der Waals surface area contributed by atoms with Crippen molar-refractivity contribution < 1.29 is 14.3 Å². The topological polar surface area (TPSA) is 46.6 Å². The maximum absolute atomic E-state index is 12.5. The number of terminal acetylenes is 1. The van der Waals surface area contributed by atoms with Crippen LogP contribution in [0.15, 0.2) is 0 Å². The number of esters is 1. The van der Waals surface area contributed by atoms with Crippen LogP contribution in [0.3, 0.4) is 0 Å². The Bertz CT molecular complexity index is 436. The zero-order valence-electron chi connectivity index (χ0n) is 14.0. The third-order valence-electron chi connectivity index (χ3n) is 3.77. The van der Waals surface area contributed by atoms with Gasteiger partial charge < -0.3 is 9.64 Å². The van der Waals surface area contributed by atoms with Crippen LogP contribution < -0.4 is 0 Å². The molecule has 0 aromatic carbocycles. The Balaban J connectivity index is 2.74. The van der Waals surface area contributed by atoms with Crippen LogP contribution in [-0.2, 0) is 14.3 Å². The first kappa shape index (κ1) is 17.6. The van der Waals surface area contributed by atoms with Crippen LogP contribution >= 0.6 is 0 Å². The molecule has 1 fully saturated rings. The second-order valence-electron chi connectivity index (χ2n) is 7.20. The molecule has 0 aliphatic heterocycles. The summed E-state index contributed by atoms with van der Waals surface area (Å²) in [6, 6.07) is -0.554. The Morgan fingerprint density at radius 1 is 1.29 bits per heavy atom. The van der Waals surface area contributed by atoms with Gasteiger partial charge in [-0.15, -0.1) is 12.3 Å². The van der Waals surface area contributed by atoms with Crippen molar-refractivity contribution in [3.63, 3.8) is 0 Å². The normalized spacial score (nSPS) is 23.0. The molecule has 0 N–H and O–H groups in total. The van der Waals surface area contributed by atoms with E-state index in [0.717, 1.165) is 12.8 Å². The summed E-state index contributed by atoms with van der Waals surface area (Å²) in [6.45, 7) is 9.32. The van der Waals surface area contributed by atoms with Gasteiger partial charge in [-0.3, -0.25) is 4.79 Å². The van der Waals surface area contributed by atoms with Gasteiger partial charge in [-0.05, 0) is 39.5 Å². The largest absolute Gasteiger partial charge is 0.458 e. The summed E-state index contributed by atoms with van der Waals surface area (Å²) < 4.78 is 5.44. The van der Waals surface area contributed by atoms with Crippen molar-refractivity contribution >= 4 is 11.9 Å². The molecule has 1 amide bonds. The van der Waals surface area contributed by atoms with E-state index in [9.17, 15) is 9.59 Å². The zero-order chi connectivity index (χ0) is 16.4. The van der Waals surface area contributed by atoms with E-state index in [-0.39, 0.29) is 29.6 Å². The molecule has 0 aromatic heterocycles. The average molecular weight is 293 g/mol. The number of rotatable bonds is 4. The van der Waals surface area contributed by atoms with Crippen molar-refractivity contribution in [1.82, 2.24) is 4.90 Å². The van der Waals surface area contributed by atoms with Gasteiger partial charge in [-0.1, -0.05) is 13.8 Å². The van der Waals surface area contributed by atoms with Crippen LogP contribution in [0.5, 0.6) is 0 Å².